The Balaban J connectivity index is 2.61. The fourth-order valence-corrected chi connectivity index (χ4v) is 0.807. The summed E-state index contributed by atoms with van der Waals surface area (Å²) in [5.41, 5.74) is 2.16. The molecule has 9 heteroatoms. The van der Waals surface area contributed by atoms with Crippen molar-refractivity contribution in [1.82, 2.24) is 4.98 Å². The van der Waals surface area contributed by atoms with Gasteiger partial charge in [0.15, 0.2) is 6.61 Å². The summed E-state index contributed by atoms with van der Waals surface area (Å²) in [6, 6.07) is 2.43. The smallest absolute Gasteiger partial charge is 0.456 e. The first-order valence-electron chi connectivity index (χ1n) is 4.26. The van der Waals surface area contributed by atoms with Gasteiger partial charge in [0.05, 0.1) is 6.20 Å². The zero-order valence-corrected chi connectivity index (χ0v) is 8.26. The number of hydrazine groups is 1. The van der Waals surface area contributed by atoms with Gasteiger partial charge in [0.2, 0.25) is 0 Å². The largest absolute Gasteiger partial charge is 0.485 e. The topological polar surface area (TPSA) is 60.2 Å². The molecule has 1 aromatic rings. The average molecular weight is 257 g/mol. The number of rotatable bonds is 4. The molecular formula is C8H8F5N3O. The molecule has 0 aliphatic carbocycles. The monoisotopic (exact) mass is 257 g/mol. The third kappa shape index (κ3) is 3.41. The van der Waals surface area contributed by atoms with E-state index < -0.39 is 18.7 Å². The maximum absolute atomic E-state index is 12.5. The predicted octanol–water partition coefficient (Wildman–Crippen LogP) is 1.94. The summed E-state index contributed by atoms with van der Waals surface area (Å²) in [7, 11) is 0. The number of nitrogens with zero attached hydrogens (tertiary/aromatic N) is 1. The number of pyridine rings is 1. The first-order chi connectivity index (χ1) is 7.76. The molecule has 0 atom stereocenters. The van der Waals surface area contributed by atoms with Gasteiger partial charge in [-0.2, -0.15) is 22.0 Å². The van der Waals surface area contributed by atoms with Crippen LogP contribution in [0.2, 0.25) is 0 Å². The van der Waals surface area contributed by atoms with Crippen LogP contribution in [0.1, 0.15) is 0 Å². The molecular weight excluding hydrogens is 249 g/mol. The third-order valence-electron chi connectivity index (χ3n) is 1.72. The van der Waals surface area contributed by atoms with Crippen LogP contribution in [0.3, 0.4) is 0 Å². The van der Waals surface area contributed by atoms with Crippen LogP contribution in [-0.2, 0) is 0 Å². The van der Waals surface area contributed by atoms with Gasteiger partial charge in [0.1, 0.15) is 11.6 Å². The number of hydrogen-bond donors (Lipinski definition) is 2. The molecule has 0 fully saturated rings. The Kier molecular flexibility index (Phi) is 3.71. The molecule has 0 bridgehead atoms. The molecule has 1 aromatic heterocycles. The van der Waals surface area contributed by atoms with Crippen LogP contribution in [0.25, 0.3) is 0 Å². The van der Waals surface area contributed by atoms with Gasteiger partial charge < -0.3 is 10.2 Å². The van der Waals surface area contributed by atoms with Gasteiger partial charge in [0, 0.05) is 0 Å². The summed E-state index contributed by atoms with van der Waals surface area (Å²) in [5, 5.41) is 0. The number of nitrogens with one attached hydrogen (secondary N) is 1. The van der Waals surface area contributed by atoms with Crippen LogP contribution in [0.15, 0.2) is 18.3 Å². The van der Waals surface area contributed by atoms with E-state index in [1.165, 1.54) is 6.07 Å². The second kappa shape index (κ2) is 4.70. The number of hydrogen-bond acceptors (Lipinski definition) is 4. The highest BCUT2D eigenvalue weighted by Gasteiger charge is 2.58. The first kappa shape index (κ1) is 13.4. The lowest BCUT2D eigenvalue weighted by molar-refractivity contribution is -0.290. The van der Waals surface area contributed by atoms with Crippen molar-refractivity contribution in [2.75, 3.05) is 12.0 Å². The van der Waals surface area contributed by atoms with Crippen LogP contribution in [0, 0.1) is 0 Å². The fraction of sp³-hybridized carbons (Fsp3) is 0.375. The lowest BCUT2D eigenvalue weighted by Crippen LogP contribution is -2.41. The van der Waals surface area contributed by atoms with E-state index in [0.717, 1.165) is 12.3 Å². The fourth-order valence-electron chi connectivity index (χ4n) is 0.807. The molecule has 0 radical (unpaired) electrons. The van der Waals surface area contributed by atoms with Crippen molar-refractivity contribution in [2.45, 2.75) is 12.1 Å². The molecule has 96 valence electrons. The summed E-state index contributed by atoms with van der Waals surface area (Å²) < 4.78 is 64.6. The van der Waals surface area contributed by atoms with E-state index in [9.17, 15) is 22.0 Å². The highest BCUT2D eigenvalue weighted by molar-refractivity contribution is 5.35. The molecule has 1 heterocycles. The number of anilines is 1. The van der Waals surface area contributed by atoms with E-state index in [4.69, 9.17) is 5.84 Å². The van der Waals surface area contributed by atoms with Crippen LogP contribution < -0.4 is 16.0 Å². The second-order valence-electron chi connectivity index (χ2n) is 3.01. The van der Waals surface area contributed by atoms with Crippen LogP contribution >= 0.6 is 0 Å². The molecule has 17 heavy (non-hydrogen) atoms. The Labute approximate surface area is 92.5 Å². The standard InChI is InChI=1S/C8H8F5N3O/c9-7(10,8(11,12)13)4-17-5-1-2-6(16-14)15-3-5/h1-3H,4,14H2,(H,15,16). The molecule has 0 aliphatic rings. The van der Waals surface area contributed by atoms with E-state index >= 15 is 0 Å². The van der Waals surface area contributed by atoms with Gasteiger partial charge in [-0.3, -0.25) is 0 Å². The minimum atomic E-state index is -5.64. The van der Waals surface area contributed by atoms with Crippen molar-refractivity contribution in [3.8, 4) is 5.75 Å². The molecule has 4 nitrogen and oxygen atoms in total. The molecule has 0 unspecified atom stereocenters. The van der Waals surface area contributed by atoms with Crippen LogP contribution in [0.5, 0.6) is 5.75 Å². The summed E-state index contributed by atoms with van der Waals surface area (Å²) in [4.78, 5) is 3.57. The number of halogens is 5. The van der Waals surface area contributed by atoms with Crippen molar-refractivity contribution in [1.29, 1.82) is 0 Å². The third-order valence-corrected chi connectivity index (χ3v) is 1.72. The Morgan fingerprint density at radius 3 is 2.29 bits per heavy atom. The normalized spacial score (nSPS) is 12.4. The Bertz CT molecular complexity index is 364. The molecule has 1 rings (SSSR count). The number of aromatic nitrogens is 1. The van der Waals surface area contributed by atoms with E-state index in [1.807, 2.05) is 0 Å². The summed E-state index contributed by atoms with van der Waals surface area (Å²) in [5.74, 6) is 0.0804. The predicted molar refractivity (Wildman–Crippen MR) is 48.5 cm³/mol. The Morgan fingerprint density at radius 1 is 1.24 bits per heavy atom. The molecule has 0 saturated carbocycles. The quantitative estimate of drug-likeness (QED) is 0.491. The van der Waals surface area contributed by atoms with Crippen LogP contribution in [0.4, 0.5) is 27.8 Å². The lowest BCUT2D eigenvalue weighted by atomic mass is 10.3. The molecule has 0 saturated heterocycles. The second-order valence-corrected chi connectivity index (χ2v) is 3.01. The number of nitrogens with two attached hydrogens (primary N) is 1. The van der Waals surface area contributed by atoms with E-state index in [1.54, 1.807) is 0 Å². The maximum Gasteiger partial charge on any atom is 0.456 e. The average Bonchev–Trinajstić information content (AvgIpc) is 2.25. The van der Waals surface area contributed by atoms with E-state index in [0.29, 0.717) is 0 Å². The van der Waals surface area contributed by atoms with Gasteiger partial charge in [0.25, 0.3) is 0 Å². The van der Waals surface area contributed by atoms with Crippen molar-refractivity contribution in [3.63, 3.8) is 0 Å². The number of alkyl halides is 5. The molecule has 0 aromatic carbocycles. The van der Waals surface area contributed by atoms with Crippen molar-refractivity contribution in [2.24, 2.45) is 5.84 Å². The van der Waals surface area contributed by atoms with E-state index in [2.05, 4.69) is 15.1 Å². The van der Waals surface area contributed by atoms with Crippen molar-refractivity contribution >= 4 is 5.82 Å². The zero-order valence-electron chi connectivity index (χ0n) is 8.26. The van der Waals surface area contributed by atoms with E-state index in [-0.39, 0.29) is 11.6 Å². The van der Waals surface area contributed by atoms with Gasteiger partial charge in [-0.1, -0.05) is 0 Å². The number of ether oxygens (including phenoxy) is 1. The summed E-state index contributed by atoms with van der Waals surface area (Å²) in [6.07, 6.45) is -4.67. The highest BCUT2D eigenvalue weighted by Crippen LogP contribution is 2.35. The Hall–Kier alpha value is -1.64. The molecule has 0 aliphatic heterocycles. The molecule has 0 spiro atoms. The Morgan fingerprint density at radius 2 is 1.88 bits per heavy atom. The van der Waals surface area contributed by atoms with Crippen LogP contribution in [-0.4, -0.2) is 23.7 Å². The van der Waals surface area contributed by atoms with Gasteiger partial charge in [-0.05, 0) is 12.1 Å². The SMILES string of the molecule is NNc1ccc(OCC(F)(F)C(F)(F)F)cn1. The molecule has 0 amide bonds. The highest BCUT2D eigenvalue weighted by atomic mass is 19.4. The van der Waals surface area contributed by atoms with Crippen molar-refractivity contribution < 1.29 is 26.7 Å². The first-order valence-corrected chi connectivity index (χ1v) is 4.26. The number of nitrogen functional groups attached to an aromatic ring is 1. The maximum atomic E-state index is 12.5. The summed E-state index contributed by atoms with van der Waals surface area (Å²) in [6.45, 7) is -1.80. The van der Waals surface area contributed by atoms with Gasteiger partial charge in [-0.15, -0.1) is 0 Å². The zero-order chi connectivity index (χ0) is 13.1. The van der Waals surface area contributed by atoms with Crippen molar-refractivity contribution in [3.05, 3.63) is 18.3 Å². The molecule has 3 N–H and O–H groups in total. The minimum absolute atomic E-state index is 0.215. The van der Waals surface area contributed by atoms with Gasteiger partial charge >= 0.3 is 12.1 Å². The summed E-state index contributed by atoms with van der Waals surface area (Å²) >= 11 is 0. The van der Waals surface area contributed by atoms with Gasteiger partial charge in [-0.25, -0.2) is 10.8 Å². The minimum Gasteiger partial charge on any atom is -0.485 e. The lowest BCUT2D eigenvalue weighted by Gasteiger charge is -2.19.